The van der Waals surface area contributed by atoms with E-state index >= 15 is 0 Å². The van der Waals surface area contributed by atoms with Gasteiger partial charge >= 0.3 is 6.18 Å². The number of hydrogen-bond donors (Lipinski definition) is 0. The molecule has 0 unspecified atom stereocenters. The van der Waals surface area contributed by atoms with Gasteiger partial charge in [-0.15, -0.1) is 0 Å². The van der Waals surface area contributed by atoms with Crippen molar-refractivity contribution in [3.8, 4) is 50.8 Å². The summed E-state index contributed by atoms with van der Waals surface area (Å²) in [4.78, 5) is 3.56. The molecule has 0 saturated heterocycles. The zero-order valence-corrected chi connectivity index (χ0v) is 30.7. The predicted octanol–water partition coefficient (Wildman–Crippen LogP) is 14.3. The summed E-state index contributed by atoms with van der Waals surface area (Å²) < 4.78 is 49.0. The van der Waals surface area contributed by atoms with Crippen molar-refractivity contribution in [3.63, 3.8) is 0 Å². The fourth-order valence-corrected chi connectivity index (χ4v) is 8.47. The fourth-order valence-electron chi connectivity index (χ4n) is 8.47. The lowest BCUT2D eigenvalue weighted by Gasteiger charge is -2.21. The Hall–Kier alpha value is -7.87. The van der Waals surface area contributed by atoms with Gasteiger partial charge in [0.05, 0.1) is 57.2 Å². The van der Waals surface area contributed by atoms with Gasteiger partial charge in [0, 0.05) is 27.1 Å². The Kier molecular flexibility index (Phi) is 8.00. The number of hydrogen-bond acceptors (Lipinski definition) is 1. The van der Waals surface area contributed by atoms with Crippen molar-refractivity contribution in [3.05, 3.63) is 198 Å². The van der Waals surface area contributed by atoms with Gasteiger partial charge in [-0.1, -0.05) is 140 Å². The molecule has 7 heteroatoms. The van der Waals surface area contributed by atoms with Crippen LogP contribution in [0.2, 0.25) is 0 Å². The standard InChI is InChI=1S/C51H29F3N4/c1-56-43-20-12-19-42(51(52,53)54)50(43)41-30-49(58-45-22-11-9-18-38(45)40-26-24-35(28-47(40)58)33-15-6-3-7-16-33)48(29-36(41)31-55)57-44-21-10-8-17-37(44)39-25-23-34(27-46(39)57)32-13-4-2-5-14-32/h2-30H. The van der Waals surface area contributed by atoms with E-state index in [-0.39, 0.29) is 22.4 Å². The summed E-state index contributed by atoms with van der Waals surface area (Å²) in [7, 11) is 0. The van der Waals surface area contributed by atoms with Crippen LogP contribution in [-0.2, 0) is 6.18 Å². The van der Waals surface area contributed by atoms with E-state index in [4.69, 9.17) is 6.57 Å². The van der Waals surface area contributed by atoms with Crippen LogP contribution >= 0.6 is 0 Å². The molecular weight excluding hydrogens is 726 g/mol. The molecule has 0 aliphatic carbocycles. The summed E-state index contributed by atoms with van der Waals surface area (Å²) in [6.07, 6.45) is -4.79. The summed E-state index contributed by atoms with van der Waals surface area (Å²) in [6.45, 7) is 7.97. The maximum atomic E-state index is 14.9. The van der Waals surface area contributed by atoms with E-state index in [1.165, 1.54) is 12.1 Å². The van der Waals surface area contributed by atoms with Crippen LogP contribution in [-0.4, -0.2) is 9.13 Å². The van der Waals surface area contributed by atoms with Gasteiger partial charge in [-0.05, 0) is 64.2 Å². The minimum Gasteiger partial charge on any atom is -0.307 e. The van der Waals surface area contributed by atoms with Crippen LogP contribution in [0.25, 0.3) is 93.2 Å². The van der Waals surface area contributed by atoms with Crippen LogP contribution < -0.4 is 0 Å². The number of rotatable bonds is 5. The van der Waals surface area contributed by atoms with Crippen LogP contribution in [0.1, 0.15) is 11.1 Å². The van der Waals surface area contributed by atoms with Gasteiger partial charge in [0.15, 0.2) is 5.69 Å². The summed E-state index contributed by atoms with van der Waals surface area (Å²) in [5.74, 6) is 0. The Morgan fingerprint density at radius 2 is 0.966 bits per heavy atom. The van der Waals surface area contributed by atoms with Gasteiger partial charge in [-0.2, -0.15) is 18.4 Å². The van der Waals surface area contributed by atoms with Crippen molar-refractivity contribution in [2.75, 3.05) is 0 Å². The van der Waals surface area contributed by atoms with Crippen molar-refractivity contribution in [2.24, 2.45) is 0 Å². The van der Waals surface area contributed by atoms with E-state index < -0.39 is 11.7 Å². The highest BCUT2D eigenvalue weighted by Gasteiger charge is 2.36. The lowest BCUT2D eigenvalue weighted by atomic mass is 9.92. The summed E-state index contributed by atoms with van der Waals surface area (Å²) in [5, 5.41) is 14.8. The smallest absolute Gasteiger partial charge is 0.307 e. The summed E-state index contributed by atoms with van der Waals surface area (Å²) in [5.41, 5.74) is 7.07. The Bertz CT molecular complexity index is 3340. The van der Waals surface area contributed by atoms with Gasteiger partial charge in [0.2, 0.25) is 0 Å². The molecule has 8 aromatic carbocycles. The highest BCUT2D eigenvalue weighted by Crippen LogP contribution is 2.47. The molecule has 0 N–H and O–H groups in total. The summed E-state index contributed by atoms with van der Waals surface area (Å²) in [6, 6.07) is 57.9. The molecule has 10 aromatic rings. The van der Waals surface area contributed by atoms with Crippen molar-refractivity contribution >= 4 is 49.3 Å². The molecular formula is C51H29F3N4. The molecule has 58 heavy (non-hydrogen) atoms. The van der Waals surface area contributed by atoms with Gasteiger partial charge in [-0.3, -0.25) is 0 Å². The highest BCUT2D eigenvalue weighted by molar-refractivity contribution is 6.13. The number of alkyl halides is 3. The highest BCUT2D eigenvalue weighted by atomic mass is 19.4. The molecule has 2 heterocycles. The third-order valence-electron chi connectivity index (χ3n) is 11.0. The molecule has 0 aliphatic heterocycles. The first-order valence-electron chi connectivity index (χ1n) is 18.7. The lowest BCUT2D eigenvalue weighted by molar-refractivity contribution is -0.137. The minimum atomic E-state index is -4.79. The number of halogens is 3. The molecule has 10 rings (SSSR count). The first-order valence-corrected chi connectivity index (χ1v) is 18.7. The average Bonchev–Trinajstić information content (AvgIpc) is 3.78. The largest absolute Gasteiger partial charge is 0.415 e. The monoisotopic (exact) mass is 754 g/mol. The number of aromatic nitrogens is 2. The SMILES string of the molecule is [C-]#[N+]c1cccc(C(F)(F)F)c1-c1cc(-n2c3ccccc3c3ccc(-c4ccccc4)cc32)c(-n2c3ccccc3c3ccc(-c4ccccc4)cc32)cc1C#N. The van der Waals surface area contributed by atoms with Crippen LogP contribution in [0.15, 0.2) is 176 Å². The molecule has 0 spiro atoms. The number of nitriles is 1. The molecule has 0 atom stereocenters. The Balaban J connectivity index is 1.40. The van der Waals surface area contributed by atoms with Crippen molar-refractivity contribution in [1.82, 2.24) is 9.13 Å². The zero-order chi connectivity index (χ0) is 39.5. The Morgan fingerprint density at radius 3 is 1.47 bits per heavy atom. The number of fused-ring (bicyclic) bond motifs is 6. The maximum Gasteiger partial charge on any atom is 0.415 e. The first-order chi connectivity index (χ1) is 28.3. The van der Waals surface area contributed by atoms with Crippen LogP contribution in [0.4, 0.5) is 18.9 Å². The number of para-hydroxylation sites is 2. The average molecular weight is 755 g/mol. The van der Waals surface area contributed by atoms with Gasteiger partial charge in [0.1, 0.15) is 0 Å². The second kappa shape index (κ2) is 13.4. The summed E-state index contributed by atoms with van der Waals surface area (Å²) >= 11 is 0. The molecule has 0 aliphatic rings. The van der Waals surface area contributed by atoms with Crippen molar-refractivity contribution in [1.29, 1.82) is 5.26 Å². The molecule has 2 aromatic heterocycles. The normalized spacial score (nSPS) is 11.7. The Labute approximate surface area is 331 Å². The van der Waals surface area contributed by atoms with Gasteiger partial charge < -0.3 is 9.13 Å². The van der Waals surface area contributed by atoms with E-state index in [2.05, 4.69) is 74.6 Å². The topological polar surface area (TPSA) is 38.0 Å². The molecule has 0 radical (unpaired) electrons. The van der Waals surface area contributed by atoms with Crippen LogP contribution in [0.3, 0.4) is 0 Å². The second-order valence-corrected chi connectivity index (χ2v) is 14.2. The number of benzene rings is 8. The molecule has 274 valence electrons. The predicted molar refractivity (Wildman–Crippen MR) is 227 cm³/mol. The van der Waals surface area contributed by atoms with E-state index in [1.807, 2.05) is 91.0 Å². The molecule has 0 fully saturated rings. The maximum absolute atomic E-state index is 14.9. The van der Waals surface area contributed by atoms with Gasteiger partial charge in [-0.25, -0.2) is 4.85 Å². The quantitative estimate of drug-likeness (QED) is 0.161. The third kappa shape index (κ3) is 5.44. The first kappa shape index (κ1) is 34.6. The minimum absolute atomic E-state index is 0.0104. The van der Waals surface area contributed by atoms with Crippen LogP contribution in [0, 0.1) is 17.9 Å². The lowest BCUT2D eigenvalue weighted by Crippen LogP contribution is -2.09. The molecule has 4 nitrogen and oxygen atoms in total. The Morgan fingerprint density at radius 1 is 0.483 bits per heavy atom. The van der Waals surface area contributed by atoms with Crippen molar-refractivity contribution < 1.29 is 13.2 Å². The third-order valence-corrected chi connectivity index (χ3v) is 11.0. The van der Waals surface area contributed by atoms with E-state index in [1.54, 1.807) is 12.1 Å². The molecule has 0 bridgehead atoms. The number of nitrogens with zero attached hydrogens (tertiary/aromatic N) is 4. The van der Waals surface area contributed by atoms with Crippen molar-refractivity contribution in [2.45, 2.75) is 6.18 Å². The zero-order valence-electron chi connectivity index (χ0n) is 30.7. The molecule has 0 saturated carbocycles. The molecule has 0 amide bonds. The van der Waals surface area contributed by atoms with Gasteiger partial charge in [0.25, 0.3) is 0 Å². The second-order valence-electron chi connectivity index (χ2n) is 14.2. The van der Waals surface area contributed by atoms with E-state index in [9.17, 15) is 18.4 Å². The van der Waals surface area contributed by atoms with Crippen LogP contribution in [0.5, 0.6) is 0 Å². The fraction of sp³-hybridized carbons (Fsp3) is 0.0196. The van der Waals surface area contributed by atoms with E-state index in [0.29, 0.717) is 11.4 Å². The van der Waals surface area contributed by atoms with E-state index in [0.717, 1.165) is 71.9 Å².